The Morgan fingerprint density at radius 3 is 2.39 bits per heavy atom. The van der Waals surface area contributed by atoms with Crippen molar-refractivity contribution < 1.29 is 15.0 Å². The molecular formula is C15H24O3. The monoisotopic (exact) mass is 252 g/mol. The van der Waals surface area contributed by atoms with Gasteiger partial charge in [0.15, 0.2) is 5.78 Å². The van der Waals surface area contributed by atoms with E-state index in [0.717, 1.165) is 18.4 Å². The summed E-state index contributed by atoms with van der Waals surface area (Å²) >= 11 is 0. The minimum atomic E-state index is -1.09. The van der Waals surface area contributed by atoms with Gasteiger partial charge in [-0.15, -0.1) is 0 Å². The van der Waals surface area contributed by atoms with Crippen LogP contribution in [0.3, 0.4) is 0 Å². The van der Waals surface area contributed by atoms with E-state index < -0.39 is 11.2 Å². The van der Waals surface area contributed by atoms with Gasteiger partial charge in [0.2, 0.25) is 0 Å². The molecule has 0 amide bonds. The number of allylic oxidation sites excluding steroid dienone is 1. The van der Waals surface area contributed by atoms with Gasteiger partial charge in [-0.2, -0.15) is 0 Å². The summed E-state index contributed by atoms with van der Waals surface area (Å²) in [6, 6.07) is 0. The van der Waals surface area contributed by atoms with Gasteiger partial charge in [0, 0.05) is 18.8 Å². The minimum Gasteiger partial charge on any atom is -0.389 e. The van der Waals surface area contributed by atoms with Crippen LogP contribution >= 0.6 is 0 Å². The molecule has 2 N–H and O–H groups in total. The molecule has 0 spiro atoms. The fraction of sp³-hybridized carbons (Fsp3) is 0.800. The van der Waals surface area contributed by atoms with Crippen molar-refractivity contribution in [2.45, 2.75) is 64.6 Å². The maximum atomic E-state index is 12.2. The first-order chi connectivity index (χ1) is 8.18. The van der Waals surface area contributed by atoms with Crippen molar-refractivity contribution in [3.05, 3.63) is 11.1 Å². The maximum absolute atomic E-state index is 12.2. The van der Waals surface area contributed by atoms with Gasteiger partial charge in [-0.1, -0.05) is 12.5 Å². The zero-order chi connectivity index (χ0) is 13.7. The molecule has 3 heteroatoms. The van der Waals surface area contributed by atoms with Crippen LogP contribution in [-0.4, -0.2) is 27.2 Å². The Kier molecular flexibility index (Phi) is 3.19. The number of carbonyl (C=O) groups is 1. The van der Waals surface area contributed by atoms with Crippen molar-refractivity contribution in [2.75, 3.05) is 0 Å². The van der Waals surface area contributed by atoms with E-state index in [2.05, 4.69) is 0 Å². The third-order valence-corrected chi connectivity index (χ3v) is 5.01. The molecule has 0 bridgehead atoms. The predicted octanol–water partition coefficient (Wildman–Crippen LogP) is 2.21. The molecule has 0 aromatic carbocycles. The van der Waals surface area contributed by atoms with E-state index in [9.17, 15) is 15.0 Å². The predicted molar refractivity (Wildman–Crippen MR) is 70.1 cm³/mol. The number of rotatable bonds is 0. The average molecular weight is 252 g/mol. The minimum absolute atomic E-state index is 0.00461. The van der Waals surface area contributed by atoms with Crippen LogP contribution in [0.15, 0.2) is 11.1 Å². The molecule has 102 valence electrons. The maximum Gasteiger partial charge on any atom is 0.161 e. The lowest BCUT2D eigenvalue weighted by Gasteiger charge is -2.39. The van der Waals surface area contributed by atoms with Crippen LogP contribution in [0.25, 0.3) is 0 Å². The molecule has 0 aliphatic heterocycles. The summed E-state index contributed by atoms with van der Waals surface area (Å²) in [5.41, 5.74) is -0.339. The quantitative estimate of drug-likeness (QED) is 0.650. The zero-order valence-corrected chi connectivity index (χ0v) is 11.8. The van der Waals surface area contributed by atoms with Crippen LogP contribution < -0.4 is 0 Å². The molecule has 2 aliphatic rings. The molecule has 4 atom stereocenters. The summed E-state index contributed by atoms with van der Waals surface area (Å²) in [5, 5.41) is 21.6. The van der Waals surface area contributed by atoms with Crippen LogP contribution in [0.2, 0.25) is 0 Å². The van der Waals surface area contributed by atoms with Crippen LogP contribution in [-0.2, 0) is 4.79 Å². The lowest BCUT2D eigenvalue weighted by molar-refractivity contribution is -0.127. The number of aliphatic hydroxyl groups is 2. The number of carbonyl (C=O) groups excluding carboxylic acids is 1. The Bertz CT molecular complexity index is 404. The van der Waals surface area contributed by atoms with Crippen LogP contribution in [0.1, 0.15) is 53.4 Å². The topological polar surface area (TPSA) is 57.5 Å². The number of hydrogen-bond donors (Lipinski definition) is 2. The molecule has 18 heavy (non-hydrogen) atoms. The summed E-state index contributed by atoms with van der Waals surface area (Å²) < 4.78 is 0. The Morgan fingerprint density at radius 1 is 1.22 bits per heavy atom. The molecule has 2 aliphatic carbocycles. The Balaban J connectivity index is 2.51. The fourth-order valence-electron chi connectivity index (χ4n) is 3.80. The molecule has 0 radical (unpaired) electrons. The third-order valence-electron chi connectivity index (χ3n) is 5.01. The normalized spacial score (nSPS) is 44.8. The van der Waals surface area contributed by atoms with Crippen molar-refractivity contribution in [2.24, 2.45) is 11.8 Å². The summed E-state index contributed by atoms with van der Waals surface area (Å²) in [5.74, 6) is -0.0648. The van der Waals surface area contributed by atoms with E-state index in [1.807, 2.05) is 20.8 Å². The van der Waals surface area contributed by atoms with E-state index in [1.54, 1.807) is 6.92 Å². The van der Waals surface area contributed by atoms with Crippen molar-refractivity contribution in [3.63, 3.8) is 0 Å². The second kappa shape index (κ2) is 4.17. The van der Waals surface area contributed by atoms with E-state index in [-0.39, 0.29) is 24.0 Å². The Hall–Kier alpha value is -0.670. The molecule has 0 heterocycles. The summed E-state index contributed by atoms with van der Waals surface area (Å²) in [6.45, 7) is 7.54. The molecule has 0 saturated heterocycles. The van der Waals surface area contributed by atoms with Gasteiger partial charge in [-0.25, -0.2) is 0 Å². The molecule has 0 aromatic heterocycles. The molecule has 2 rings (SSSR count). The van der Waals surface area contributed by atoms with E-state index >= 15 is 0 Å². The highest BCUT2D eigenvalue weighted by Gasteiger charge is 2.56. The number of ketones is 1. The zero-order valence-electron chi connectivity index (χ0n) is 11.8. The standard InChI is InChI=1S/C15H24O3/c1-9(2)11-7-15(18)10(3)5-6-13(15)14(4,17)8-12(11)16/h10,13,17-18H,5-8H2,1-4H3/t10-,13+,14-,15+/m1/s1. The van der Waals surface area contributed by atoms with Crippen LogP contribution in [0, 0.1) is 11.8 Å². The van der Waals surface area contributed by atoms with Gasteiger partial charge in [-0.05, 0) is 45.1 Å². The average Bonchev–Trinajstić information content (AvgIpc) is 2.47. The lowest BCUT2D eigenvalue weighted by Crippen LogP contribution is -2.48. The highest BCUT2D eigenvalue weighted by Crippen LogP contribution is 2.52. The summed E-state index contributed by atoms with van der Waals surface area (Å²) in [6.07, 6.45) is 2.25. The number of Topliss-reactive ketones (excluding diaryl/α,β-unsaturated/α-hetero) is 1. The van der Waals surface area contributed by atoms with Crippen molar-refractivity contribution in [1.29, 1.82) is 0 Å². The smallest absolute Gasteiger partial charge is 0.161 e. The Morgan fingerprint density at radius 2 is 1.83 bits per heavy atom. The van der Waals surface area contributed by atoms with E-state index in [4.69, 9.17) is 0 Å². The van der Waals surface area contributed by atoms with Gasteiger partial charge in [-0.3, -0.25) is 4.79 Å². The molecule has 2 saturated carbocycles. The fourth-order valence-corrected chi connectivity index (χ4v) is 3.80. The first-order valence-electron chi connectivity index (χ1n) is 6.83. The number of fused-ring (bicyclic) bond motifs is 1. The second-order valence-corrected chi connectivity index (χ2v) is 6.63. The van der Waals surface area contributed by atoms with Crippen molar-refractivity contribution >= 4 is 5.78 Å². The Labute approximate surface area is 109 Å². The van der Waals surface area contributed by atoms with Gasteiger partial charge in [0.25, 0.3) is 0 Å². The van der Waals surface area contributed by atoms with E-state index in [1.165, 1.54) is 0 Å². The highest BCUT2D eigenvalue weighted by molar-refractivity contribution is 5.97. The summed E-state index contributed by atoms with van der Waals surface area (Å²) in [7, 11) is 0. The van der Waals surface area contributed by atoms with E-state index in [0.29, 0.717) is 12.0 Å². The van der Waals surface area contributed by atoms with Gasteiger partial charge in [0.05, 0.1) is 11.2 Å². The molecule has 0 aromatic rings. The highest BCUT2D eigenvalue weighted by atomic mass is 16.3. The van der Waals surface area contributed by atoms with Gasteiger partial charge in [0.1, 0.15) is 0 Å². The van der Waals surface area contributed by atoms with Crippen molar-refractivity contribution in [1.82, 2.24) is 0 Å². The molecular weight excluding hydrogens is 228 g/mol. The first kappa shape index (κ1) is 13.8. The van der Waals surface area contributed by atoms with Crippen LogP contribution in [0.4, 0.5) is 0 Å². The SMILES string of the molecule is CC(C)=C1C[C@]2(O)[C@H](C)CC[C@H]2[C@](C)(O)CC1=O. The lowest BCUT2D eigenvalue weighted by atomic mass is 9.74. The molecule has 0 unspecified atom stereocenters. The van der Waals surface area contributed by atoms with Gasteiger partial charge < -0.3 is 10.2 Å². The number of hydrogen-bond acceptors (Lipinski definition) is 3. The molecule has 3 nitrogen and oxygen atoms in total. The first-order valence-corrected chi connectivity index (χ1v) is 6.83. The largest absolute Gasteiger partial charge is 0.389 e. The molecule has 2 fully saturated rings. The third kappa shape index (κ3) is 1.94. The summed E-state index contributed by atoms with van der Waals surface area (Å²) in [4.78, 5) is 12.2. The second-order valence-electron chi connectivity index (χ2n) is 6.63. The van der Waals surface area contributed by atoms with Gasteiger partial charge >= 0.3 is 0 Å². The van der Waals surface area contributed by atoms with Crippen LogP contribution in [0.5, 0.6) is 0 Å². The van der Waals surface area contributed by atoms with Crippen molar-refractivity contribution in [3.8, 4) is 0 Å².